The zero-order valence-electron chi connectivity index (χ0n) is 20.2. The highest BCUT2D eigenvalue weighted by molar-refractivity contribution is 7.89. The molecule has 12 heteroatoms. The Balaban J connectivity index is 1.77. The minimum Gasteiger partial charge on any atom is -0.444 e. The first kappa shape index (κ1) is 26.2. The van der Waals surface area contributed by atoms with Gasteiger partial charge in [-0.3, -0.25) is 10.1 Å². The van der Waals surface area contributed by atoms with E-state index in [2.05, 4.69) is 0 Å². The van der Waals surface area contributed by atoms with Crippen LogP contribution < -0.4 is 4.90 Å². The maximum atomic E-state index is 13.0. The van der Waals surface area contributed by atoms with Crippen molar-refractivity contribution in [3.8, 4) is 0 Å². The highest BCUT2D eigenvalue weighted by Gasteiger charge is 2.32. The van der Waals surface area contributed by atoms with Crippen molar-refractivity contribution < 1.29 is 27.6 Å². The number of nitro benzene ring substituents is 1. The fraction of sp³-hybridized carbons (Fsp3) is 0.682. The van der Waals surface area contributed by atoms with Gasteiger partial charge in [0, 0.05) is 45.8 Å². The molecule has 0 N–H and O–H groups in total. The molecule has 1 unspecified atom stereocenters. The van der Waals surface area contributed by atoms with E-state index in [-0.39, 0.29) is 29.6 Å². The number of piperidine rings is 1. The summed E-state index contributed by atoms with van der Waals surface area (Å²) in [4.78, 5) is 27.0. The molecule has 2 heterocycles. The molecular weight excluding hydrogens is 464 g/mol. The molecule has 1 amide bonds. The molecule has 0 aromatic heterocycles. The number of sulfonamides is 1. The quantitative estimate of drug-likeness (QED) is 0.433. The van der Waals surface area contributed by atoms with Gasteiger partial charge in [0.1, 0.15) is 11.3 Å². The average Bonchev–Trinajstić information content (AvgIpc) is 2.78. The van der Waals surface area contributed by atoms with Gasteiger partial charge in [-0.1, -0.05) is 0 Å². The second kappa shape index (κ2) is 10.4. The first-order valence-corrected chi connectivity index (χ1v) is 12.9. The largest absolute Gasteiger partial charge is 0.444 e. The summed E-state index contributed by atoms with van der Waals surface area (Å²) >= 11 is 0. The van der Waals surface area contributed by atoms with E-state index < -0.39 is 26.6 Å². The summed E-state index contributed by atoms with van der Waals surface area (Å²) in [7, 11) is -2.16. The number of morpholine rings is 1. The van der Waals surface area contributed by atoms with E-state index in [1.54, 1.807) is 7.05 Å². The molecule has 11 nitrogen and oxygen atoms in total. The smallest absolute Gasteiger partial charge is 0.410 e. The SMILES string of the molecule is CN(CC1CCCN(c2ccc(S(=O)(=O)N3CCOCC3)cc2[N+](=O)[O-])C1)C(=O)OC(C)(C)C. The summed E-state index contributed by atoms with van der Waals surface area (Å²) in [6.07, 6.45) is 1.27. The molecular formula is C22H34N4O7S. The van der Waals surface area contributed by atoms with E-state index in [1.807, 2.05) is 25.7 Å². The Hall–Kier alpha value is -2.44. The molecule has 2 aliphatic rings. The van der Waals surface area contributed by atoms with E-state index in [0.29, 0.717) is 38.5 Å². The number of carbonyl (C=O) groups is 1. The molecule has 0 aliphatic carbocycles. The first-order valence-electron chi connectivity index (χ1n) is 11.4. The van der Waals surface area contributed by atoms with Gasteiger partial charge in [-0.25, -0.2) is 13.2 Å². The van der Waals surface area contributed by atoms with E-state index in [0.717, 1.165) is 18.9 Å². The van der Waals surface area contributed by atoms with Crippen LogP contribution in [0.25, 0.3) is 0 Å². The second-order valence-electron chi connectivity index (χ2n) is 9.74. The molecule has 2 aliphatic heterocycles. The Kier molecular flexibility index (Phi) is 8.04. The Morgan fingerprint density at radius 2 is 1.94 bits per heavy atom. The highest BCUT2D eigenvalue weighted by Crippen LogP contribution is 2.34. The van der Waals surface area contributed by atoms with Gasteiger partial charge in [-0.05, 0) is 51.7 Å². The Morgan fingerprint density at radius 1 is 1.26 bits per heavy atom. The highest BCUT2D eigenvalue weighted by atomic mass is 32.2. The summed E-state index contributed by atoms with van der Waals surface area (Å²) in [5, 5.41) is 11.9. The average molecular weight is 499 g/mol. The van der Waals surface area contributed by atoms with Gasteiger partial charge in [0.25, 0.3) is 5.69 Å². The molecule has 0 spiro atoms. The number of hydrogen-bond donors (Lipinski definition) is 0. The van der Waals surface area contributed by atoms with Crippen LogP contribution in [0.15, 0.2) is 23.1 Å². The lowest BCUT2D eigenvalue weighted by atomic mass is 9.97. The Bertz CT molecular complexity index is 1000. The molecule has 1 aromatic rings. The van der Waals surface area contributed by atoms with Crippen molar-refractivity contribution in [1.82, 2.24) is 9.21 Å². The number of anilines is 1. The fourth-order valence-corrected chi connectivity index (χ4v) is 5.68. The molecule has 190 valence electrons. The van der Waals surface area contributed by atoms with Crippen molar-refractivity contribution in [1.29, 1.82) is 0 Å². The van der Waals surface area contributed by atoms with Crippen molar-refractivity contribution in [2.75, 3.05) is 57.9 Å². The Morgan fingerprint density at radius 3 is 2.56 bits per heavy atom. The maximum Gasteiger partial charge on any atom is 0.410 e. The fourth-order valence-electron chi connectivity index (χ4n) is 4.25. The van der Waals surface area contributed by atoms with Gasteiger partial charge in [0.05, 0.1) is 23.0 Å². The van der Waals surface area contributed by atoms with Crippen molar-refractivity contribution in [3.05, 3.63) is 28.3 Å². The number of carbonyl (C=O) groups excluding carboxylic acids is 1. The van der Waals surface area contributed by atoms with E-state index in [9.17, 15) is 23.3 Å². The minimum atomic E-state index is -3.84. The van der Waals surface area contributed by atoms with Gasteiger partial charge in [0.2, 0.25) is 10.0 Å². The van der Waals surface area contributed by atoms with Gasteiger partial charge in [-0.2, -0.15) is 4.31 Å². The molecule has 0 saturated carbocycles. The van der Waals surface area contributed by atoms with Gasteiger partial charge in [0.15, 0.2) is 0 Å². The number of nitrogens with zero attached hydrogens (tertiary/aromatic N) is 4. The topological polar surface area (TPSA) is 123 Å². The molecule has 3 rings (SSSR count). The zero-order valence-corrected chi connectivity index (χ0v) is 21.0. The third-order valence-corrected chi connectivity index (χ3v) is 7.74. The first-order chi connectivity index (χ1) is 15.9. The van der Waals surface area contributed by atoms with Crippen molar-refractivity contribution in [2.24, 2.45) is 5.92 Å². The van der Waals surface area contributed by atoms with Gasteiger partial charge in [-0.15, -0.1) is 0 Å². The summed E-state index contributed by atoms with van der Waals surface area (Å²) in [6.45, 7) is 8.05. The van der Waals surface area contributed by atoms with Crippen LogP contribution in [0.2, 0.25) is 0 Å². The predicted octanol–water partition coefficient (Wildman–Crippen LogP) is 2.70. The monoisotopic (exact) mass is 498 g/mol. The lowest BCUT2D eigenvalue weighted by Gasteiger charge is -2.36. The van der Waals surface area contributed by atoms with Crippen LogP contribution >= 0.6 is 0 Å². The van der Waals surface area contributed by atoms with Crippen LogP contribution in [0.1, 0.15) is 33.6 Å². The molecule has 0 bridgehead atoms. The number of benzene rings is 1. The van der Waals surface area contributed by atoms with Gasteiger partial charge >= 0.3 is 6.09 Å². The lowest BCUT2D eigenvalue weighted by molar-refractivity contribution is -0.384. The maximum absolute atomic E-state index is 13.0. The predicted molar refractivity (Wildman–Crippen MR) is 126 cm³/mol. The van der Waals surface area contributed by atoms with E-state index in [1.165, 1.54) is 21.3 Å². The number of amides is 1. The van der Waals surface area contributed by atoms with E-state index >= 15 is 0 Å². The van der Waals surface area contributed by atoms with E-state index in [4.69, 9.17) is 9.47 Å². The molecule has 0 radical (unpaired) electrons. The normalized spacial score (nSPS) is 20.1. The summed E-state index contributed by atoms with van der Waals surface area (Å²) < 4.78 is 37.9. The second-order valence-corrected chi connectivity index (χ2v) is 11.7. The van der Waals surface area contributed by atoms with Crippen LogP contribution in [0.3, 0.4) is 0 Å². The lowest BCUT2D eigenvalue weighted by Crippen LogP contribution is -2.43. The summed E-state index contributed by atoms with van der Waals surface area (Å²) in [5.41, 5.74) is -0.445. The van der Waals surface area contributed by atoms with Crippen LogP contribution in [0, 0.1) is 16.0 Å². The third-order valence-electron chi connectivity index (χ3n) is 5.85. The van der Waals surface area contributed by atoms with Crippen molar-refractivity contribution in [3.63, 3.8) is 0 Å². The molecule has 2 fully saturated rings. The molecule has 34 heavy (non-hydrogen) atoms. The van der Waals surface area contributed by atoms with Crippen LogP contribution in [0.5, 0.6) is 0 Å². The van der Waals surface area contributed by atoms with Crippen LogP contribution in [0.4, 0.5) is 16.2 Å². The molecule has 2 saturated heterocycles. The number of nitro groups is 1. The van der Waals surface area contributed by atoms with Crippen LogP contribution in [-0.2, 0) is 19.5 Å². The third kappa shape index (κ3) is 6.36. The number of rotatable bonds is 6. The molecule has 1 atom stereocenters. The van der Waals surface area contributed by atoms with Crippen molar-refractivity contribution >= 4 is 27.5 Å². The standard InChI is InChI=1S/C22H34N4O7S/c1-22(2,3)33-21(27)23(4)15-17-6-5-9-24(16-17)19-8-7-18(14-20(19)26(28)29)34(30,31)25-10-12-32-13-11-25/h7-8,14,17H,5-6,9-13,15-16H2,1-4H3. The number of hydrogen-bond acceptors (Lipinski definition) is 8. The van der Waals surface area contributed by atoms with Crippen LogP contribution in [-0.4, -0.2) is 87.2 Å². The molecule has 1 aromatic carbocycles. The zero-order chi connectivity index (χ0) is 25.1. The summed E-state index contributed by atoms with van der Waals surface area (Å²) in [5.74, 6) is 0.0997. The summed E-state index contributed by atoms with van der Waals surface area (Å²) in [6, 6.07) is 4.10. The minimum absolute atomic E-state index is 0.0944. The Labute approximate surface area is 200 Å². The number of ether oxygens (including phenoxy) is 2. The van der Waals surface area contributed by atoms with Gasteiger partial charge < -0.3 is 19.3 Å². The van der Waals surface area contributed by atoms with Crippen molar-refractivity contribution in [2.45, 2.75) is 44.1 Å².